The van der Waals surface area contributed by atoms with E-state index in [4.69, 9.17) is 4.74 Å². The van der Waals surface area contributed by atoms with Crippen LogP contribution in [-0.4, -0.2) is 37.7 Å². The molecule has 0 aromatic heterocycles. The van der Waals surface area contributed by atoms with Gasteiger partial charge in [0.05, 0.1) is 0 Å². The van der Waals surface area contributed by atoms with Crippen molar-refractivity contribution in [3.05, 3.63) is 30.1 Å². The van der Waals surface area contributed by atoms with Gasteiger partial charge in [-0.25, -0.2) is 4.39 Å². The quantitative estimate of drug-likeness (QED) is 0.835. The summed E-state index contributed by atoms with van der Waals surface area (Å²) in [5.74, 6) is -0.444. The molecule has 1 aromatic rings. The van der Waals surface area contributed by atoms with Crippen LogP contribution < -0.4 is 10.2 Å². The maximum absolute atomic E-state index is 13.0. The second kappa shape index (κ2) is 6.12. The van der Waals surface area contributed by atoms with E-state index in [1.165, 1.54) is 17.0 Å². The van der Waals surface area contributed by atoms with E-state index in [-0.39, 0.29) is 23.9 Å². The van der Waals surface area contributed by atoms with E-state index in [1.807, 2.05) is 13.8 Å². The van der Waals surface area contributed by atoms with E-state index in [1.54, 1.807) is 12.1 Å². The average molecular weight is 267 g/mol. The maximum Gasteiger partial charge on any atom is 0.279 e. The molecular weight excluding hydrogens is 247 g/mol. The lowest BCUT2D eigenvalue weighted by Gasteiger charge is -2.31. The molecule has 1 heterocycles. The number of nitrogens with one attached hydrogen (secondary N) is 2. The van der Waals surface area contributed by atoms with Crippen LogP contribution in [0.1, 0.15) is 13.8 Å². The Balaban J connectivity index is 1.87. The lowest BCUT2D eigenvalue weighted by atomic mass is 10.2. The third-order valence-electron chi connectivity index (χ3n) is 3.14. The van der Waals surface area contributed by atoms with Crippen molar-refractivity contribution in [3.8, 4) is 0 Å². The normalized spacial score (nSPS) is 27.0. The van der Waals surface area contributed by atoms with Gasteiger partial charge in [-0.05, 0) is 32.0 Å². The molecule has 1 fully saturated rings. The predicted octanol–water partition coefficient (Wildman–Crippen LogP) is 0.456. The highest BCUT2D eigenvalue weighted by Crippen LogP contribution is 2.08. The fourth-order valence-electron chi connectivity index (χ4n) is 2.53. The second-order valence-corrected chi connectivity index (χ2v) is 5.15. The molecule has 1 amide bonds. The number of amides is 1. The fourth-order valence-corrected chi connectivity index (χ4v) is 2.53. The molecule has 1 aliphatic heterocycles. The Labute approximate surface area is 112 Å². The van der Waals surface area contributed by atoms with E-state index in [2.05, 4.69) is 5.32 Å². The Morgan fingerprint density at radius 3 is 2.74 bits per heavy atom. The van der Waals surface area contributed by atoms with Gasteiger partial charge in [0, 0.05) is 5.69 Å². The highest BCUT2D eigenvalue weighted by atomic mass is 19.1. The number of rotatable bonds is 3. The smallest absolute Gasteiger partial charge is 0.279 e. The molecule has 0 radical (unpaired) electrons. The lowest BCUT2D eigenvalue weighted by Crippen LogP contribution is -3.16. The maximum atomic E-state index is 13.0. The minimum absolute atomic E-state index is 0.0955. The summed E-state index contributed by atoms with van der Waals surface area (Å²) >= 11 is 0. The van der Waals surface area contributed by atoms with Gasteiger partial charge in [0.25, 0.3) is 5.91 Å². The molecule has 104 valence electrons. The van der Waals surface area contributed by atoms with E-state index >= 15 is 0 Å². The molecule has 4 nitrogen and oxygen atoms in total. The molecule has 5 heteroatoms. The van der Waals surface area contributed by atoms with Crippen LogP contribution >= 0.6 is 0 Å². The van der Waals surface area contributed by atoms with Crippen LogP contribution in [0.2, 0.25) is 0 Å². The Morgan fingerprint density at radius 1 is 1.42 bits per heavy atom. The first-order valence-corrected chi connectivity index (χ1v) is 6.57. The van der Waals surface area contributed by atoms with Crippen molar-refractivity contribution in [1.82, 2.24) is 0 Å². The minimum atomic E-state index is -0.348. The number of benzene rings is 1. The van der Waals surface area contributed by atoms with Crippen molar-refractivity contribution in [3.63, 3.8) is 0 Å². The first kappa shape index (κ1) is 14.0. The zero-order valence-corrected chi connectivity index (χ0v) is 11.3. The van der Waals surface area contributed by atoms with Crippen LogP contribution in [0.4, 0.5) is 10.1 Å². The molecule has 0 bridgehead atoms. The Bertz CT molecular complexity index is 443. The number of anilines is 1. The van der Waals surface area contributed by atoms with Crippen LogP contribution in [0.3, 0.4) is 0 Å². The molecule has 2 N–H and O–H groups in total. The molecule has 0 saturated carbocycles. The number of ether oxygens (including phenoxy) is 1. The first-order chi connectivity index (χ1) is 9.02. The monoisotopic (exact) mass is 267 g/mol. The number of quaternary nitrogens is 1. The number of hydrogen-bond donors (Lipinski definition) is 2. The van der Waals surface area contributed by atoms with Crippen molar-refractivity contribution in [2.75, 3.05) is 25.0 Å². The minimum Gasteiger partial charge on any atom is -0.364 e. The third kappa shape index (κ3) is 4.29. The van der Waals surface area contributed by atoms with Gasteiger partial charge in [-0.1, -0.05) is 6.07 Å². The third-order valence-corrected chi connectivity index (χ3v) is 3.14. The Hall–Kier alpha value is -1.46. The number of hydrogen-bond acceptors (Lipinski definition) is 2. The van der Waals surface area contributed by atoms with Gasteiger partial charge in [-0.3, -0.25) is 4.79 Å². The number of carbonyl (C=O) groups is 1. The summed E-state index contributed by atoms with van der Waals surface area (Å²) in [4.78, 5) is 13.1. The van der Waals surface area contributed by atoms with Gasteiger partial charge in [-0.15, -0.1) is 0 Å². The van der Waals surface area contributed by atoms with Gasteiger partial charge in [0.15, 0.2) is 6.54 Å². The summed E-state index contributed by atoms with van der Waals surface area (Å²) < 4.78 is 18.6. The van der Waals surface area contributed by atoms with Crippen LogP contribution in [-0.2, 0) is 9.53 Å². The van der Waals surface area contributed by atoms with E-state index in [9.17, 15) is 9.18 Å². The fraction of sp³-hybridized carbons (Fsp3) is 0.500. The molecule has 3 atom stereocenters. The Morgan fingerprint density at radius 2 is 2.11 bits per heavy atom. The molecule has 1 aromatic carbocycles. The molecular formula is C14H20FN2O2+. The van der Waals surface area contributed by atoms with Gasteiger partial charge >= 0.3 is 0 Å². The van der Waals surface area contributed by atoms with Crippen molar-refractivity contribution in [2.24, 2.45) is 0 Å². The summed E-state index contributed by atoms with van der Waals surface area (Å²) in [6.45, 7) is 6.05. The second-order valence-electron chi connectivity index (χ2n) is 5.15. The van der Waals surface area contributed by atoms with E-state index in [0.29, 0.717) is 12.2 Å². The highest BCUT2D eigenvalue weighted by Gasteiger charge is 2.27. The molecule has 1 unspecified atom stereocenters. The lowest BCUT2D eigenvalue weighted by molar-refractivity contribution is -0.907. The summed E-state index contributed by atoms with van der Waals surface area (Å²) in [6.07, 6.45) is 0.335. The molecule has 2 rings (SSSR count). The van der Waals surface area contributed by atoms with Crippen LogP contribution in [0.25, 0.3) is 0 Å². The average Bonchev–Trinajstić information content (AvgIpc) is 2.26. The van der Waals surface area contributed by atoms with Gasteiger partial charge < -0.3 is 15.0 Å². The standard InChI is InChI=1S/C14H19FN2O2/c1-10-7-17(8-11(2)19-10)9-14(18)16-13-5-3-4-12(15)6-13/h3-6,10-11H,7-9H2,1-2H3,(H,16,18)/p+1/t10-,11+. The van der Waals surface area contributed by atoms with Gasteiger partial charge in [-0.2, -0.15) is 0 Å². The first-order valence-electron chi connectivity index (χ1n) is 6.57. The van der Waals surface area contributed by atoms with Crippen molar-refractivity contribution >= 4 is 11.6 Å². The van der Waals surface area contributed by atoms with Crippen molar-refractivity contribution < 1.29 is 18.8 Å². The molecule has 0 spiro atoms. The largest absolute Gasteiger partial charge is 0.364 e. The number of carbonyl (C=O) groups excluding carboxylic acids is 1. The summed E-state index contributed by atoms with van der Waals surface area (Å²) in [5.41, 5.74) is 0.499. The number of morpholine rings is 1. The van der Waals surface area contributed by atoms with E-state index in [0.717, 1.165) is 13.1 Å². The van der Waals surface area contributed by atoms with Crippen LogP contribution in [0.5, 0.6) is 0 Å². The highest BCUT2D eigenvalue weighted by molar-refractivity contribution is 5.91. The van der Waals surface area contributed by atoms with Gasteiger partial charge in [0.1, 0.15) is 31.1 Å². The summed E-state index contributed by atoms with van der Waals surface area (Å²) in [6, 6.07) is 5.93. The topological polar surface area (TPSA) is 42.8 Å². The molecule has 0 aliphatic carbocycles. The molecule has 1 aliphatic rings. The van der Waals surface area contributed by atoms with Gasteiger partial charge in [0.2, 0.25) is 0 Å². The molecule has 1 saturated heterocycles. The number of halogens is 1. The van der Waals surface area contributed by atoms with Crippen molar-refractivity contribution in [2.45, 2.75) is 26.1 Å². The zero-order chi connectivity index (χ0) is 13.8. The predicted molar refractivity (Wildman–Crippen MR) is 70.6 cm³/mol. The van der Waals surface area contributed by atoms with Crippen LogP contribution in [0, 0.1) is 5.82 Å². The summed E-state index contributed by atoms with van der Waals surface area (Å²) in [5, 5.41) is 2.72. The summed E-state index contributed by atoms with van der Waals surface area (Å²) in [7, 11) is 0. The molecule has 19 heavy (non-hydrogen) atoms. The SMILES string of the molecule is C[C@@H]1C[NH+](CC(=O)Nc2cccc(F)c2)C[C@H](C)O1. The van der Waals surface area contributed by atoms with E-state index < -0.39 is 0 Å². The van der Waals surface area contributed by atoms with Crippen LogP contribution in [0.15, 0.2) is 24.3 Å². The van der Waals surface area contributed by atoms with Crippen molar-refractivity contribution in [1.29, 1.82) is 0 Å². The Kier molecular flexibility index (Phi) is 4.50. The zero-order valence-electron chi connectivity index (χ0n) is 11.3.